The van der Waals surface area contributed by atoms with Crippen molar-refractivity contribution in [1.82, 2.24) is 4.90 Å². The van der Waals surface area contributed by atoms with Crippen LogP contribution in [0.3, 0.4) is 0 Å². The van der Waals surface area contributed by atoms with Gasteiger partial charge in [0.05, 0.1) is 16.3 Å². The molecule has 1 aliphatic carbocycles. The maximum Gasteiger partial charge on any atom is 0.255 e. The second-order valence-electron chi connectivity index (χ2n) is 8.27. The maximum atomic E-state index is 13.3. The van der Waals surface area contributed by atoms with E-state index in [0.29, 0.717) is 41.7 Å². The van der Waals surface area contributed by atoms with Crippen molar-refractivity contribution in [2.24, 2.45) is 5.92 Å². The number of nitrogens with one attached hydrogen (secondary N) is 1. The van der Waals surface area contributed by atoms with Crippen LogP contribution in [0.15, 0.2) is 42.5 Å². The molecule has 1 N–H and O–H groups in total. The number of carbonyl (C=O) groups is 1. The third-order valence-electron chi connectivity index (χ3n) is 5.24. The number of hydrogen-bond acceptors (Lipinski definition) is 4. The van der Waals surface area contributed by atoms with Gasteiger partial charge in [-0.15, -0.1) is 0 Å². The Morgan fingerprint density at radius 2 is 1.87 bits per heavy atom. The first kappa shape index (κ1) is 23.4. The summed E-state index contributed by atoms with van der Waals surface area (Å²) in [5.74, 6) is 0.455. The lowest BCUT2D eigenvalue weighted by Gasteiger charge is -2.27. The fourth-order valence-corrected chi connectivity index (χ4v) is 4.90. The van der Waals surface area contributed by atoms with Crippen molar-refractivity contribution in [3.8, 4) is 0 Å². The molecular formula is C23H30ClN3O3S. The Kier molecular flexibility index (Phi) is 7.49. The molecule has 0 heterocycles. The Morgan fingerprint density at radius 1 is 1.16 bits per heavy atom. The van der Waals surface area contributed by atoms with Gasteiger partial charge in [-0.3, -0.25) is 9.52 Å². The third kappa shape index (κ3) is 6.37. The molecule has 1 amide bonds. The summed E-state index contributed by atoms with van der Waals surface area (Å²) in [6, 6.07) is 12.5. The smallest absolute Gasteiger partial charge is 0.255 e. The van der Waals surface area contributed by atoms with Gasteiger partial charge >= 0.3 is 0 Å². The molecule has 1 saturated carbocycles. The molecule has 0 atom stereocenters. The monoisotopic (exact) mass is 463 g/mol. The molecule has 0 aliphatic heterocycles. The van der Waals surface area contributed by atoms with Gasteiger partial charge in [-0.25, -0.2) is 8.42 Å². The highest BCUT2D eigenvalue weighted by molar-refractivity contribution is 7.92. The first-order valence-corrected chi connectivity index (χ1v) is 12.6. The van der Waals surface area contributed by atoms with Crippen LogP contribution in [0.5, 0.6) is 0 Å². The Morgan fingerprint density at radius 3 is 2.48 bits per heavy atom. The van der Waals surface area contributed by atoms with Crippen LogP contribution >= 0.6 is 11.6 Å². The van der Waals surface area contributed by atoms with E-state index in [0.717, 1.165) is 24.1 Å². The summed E-state index contributed by atoms with van der Waals surface area (Å²) in [7, 11) is 0.464. The van der Waals surface area contributed by atoms with Gasteiger partial charge in [0.2, 0.25) is 10.0 Å². The molecule has 31 heavy (non-hydrogen) atoms. The van der Waals surface area contributed by atoms with E-state index in [1.54, 1.807) is 24.3 Å². The van der Waals surface area contributed by atoms with Gasteiger partial charge < -0.3 is 9.80 Å². The molecule has 6 nitrogen and oxygen atoms in total. The molecule has 1 aliphatic rings. The van der Waals surface area contributed by atoms with Gasteiger partial charge in [-0.2, -0.15) is 0 Å². The van der Waals surface area contributed by atoms with Crippen molar-refractivity contribution >= 4 is 38.9 Å². The van der Waals surface area contributed by atoms with E-state index in [2.05, 4.69) is 4.72 Å². The van der Waals surface area contributed by atoms with Crippen LogP contribution in [0.25, 0.3) is 0 Å². The molecule has 0 aromatic heterocycles. The Bertz CT molecular complexity index is 1040. The predicted molar refractivity (Wildman–Crippen MR) is 127 cm³/mol. The summed E-state index contributed by atoms with van der Waals surface area (Å²) >= 11 is 6.30. The molecule has 168 valence electrons. The average molecular weight is 464 g/mol. The van der Waals surface area contributed by atoms with E-state index < -0.39 is 10.0 Å². The molecule has 0 bridgehead atoms. The number of halogens is 1. The predicted octanol–water partition coefficient (Wildman–Crippen LogP) is 4.61. The highest BCUT2D eigenvalue weighted by atomic mass is 35.5. The van der Waals surface area contributed by atoms with Crippen LogP contribution in [0.4, 0.5) is 11.4 Å². The Labute approximate surface area is 190 Å². The third-order valence-corrected chi connectivity index (χ3v) is 7.06. The van der Waals surface area contributed by atoms with Crippen LogP contribution in [-0.2, 0) is 16.6 Å². The zero-order valence-electron chi connectivity index (χ0n) is 18.3. The van der Waals surface area contributed by atoms with Gasteiger partial charge in [-0.1, -0.05) is 30.7 Å². The largest absolute Gasteiger partial charge is 0.377 e. The zero-order valence-corrected chi connectivity index (χ0v) is 19.8. The first-order valence-electron chi connectivity index (χ1n) is 10.5. The molecule has 1 fully saturated rings. The van der Waals surface area contributed by atoms with Gasteiger partial charge in [-0.05, 0) is 61.1 Å². The summed E-state index contributed by atoms with van der Waals surface area (Å²) in [5, 5.41) is 0.433. The van der Waals surface area contributed by atoms with Gasteiger partial charge in [0, 0.05) is 38.6 Å². The minimum Gasteiger partial charge on any atom is -0.377 e. The number of sulfonamides is 1. The number of carbonyl (C=O) groups excluding carboxylic acids is 1. The fourth-order valence-electron chi connectivity index (χ4n) is 3.55. The van der Waals surface area contributed by atoms with Crippen LogP contribution in [0, 0.1) is 5.92 Å². The summed E-state index contributed by atoms with van der Waals surface area (Å²) in [6.45, 7) is 2.86. The molecule has 0 saturated heterocycles. The van der Waals surface area contributed by atoms with Crippen molar-refractivity contribution < 1.29 is 13.2 Å². The topological polar surface area (TPSA) is 69.7 Å². The highest BCUT2D eigenvalue weighted by Gasteiger charge is 2.29. The van der Waals surface area contributed by atoms with Crippen LogP contribution < -0.4 is 9.62 Å². The highest BCUT2D eigenvalue weighted by Crippen LogP contribution is 2.33. The van der Waals surface area contributed by atoms with E-state index in [1.165, 1.54) is 0 Å². The molecule has 0 radical (unpaired) electrons. The molecule has 2 aromatic rings. The van der Waals surface area contributed by atoms with Crippen molar-refractivity contribution in [2.75, 3.05) is 36.0 Å². The van der Waals surface area contributed by atoms with Gasteiger partial charge in [0.15, 0.2) is 0 Å². The van der Waals surface area contributed by atoms with Crippen molar-refractivity contribution in [3.63, 3.8) is 0 Å². The maximum absolute atomic E-state index is 13.3. The lowest BCUT2D eigenvalue weighted by molar-refractivity contribution is 0.0735. The van der Waals surface area contributed by atoms with E-state index in [-0.39, 0.29) is 11.7 Å². The van der Waals surface area contributed by atoms with E-state index in [4.69, 9.17) is 11.6 Å². The normalized spacial score (nSPS) is 13.7. The van der Waals surface area contributed by atoms with E-state index in [1.807, 2.05) is 49.0 Å². The van der Waals surface area contributed by atoms with Crippen LogP contribution in [0.2, 0.25) is 5.02 Å². The number of nitrogens with zero attached hydrogens (tertiary/aromatic N) is 2. The number of anilines is 2. The summed E-state index contributed by atoms with van der Waals surface area (Å²) in [6.07, 6.45) is 2.77. The molecule has 0 spiro atoms. The number of rotatable bonds is 10. The first-order chi connectivity index (χ1) is 14.7. The van der Waals surface area contributed by atoms with Gasteiger partial charge in [0.1, 0.15) is 0 Å². The number of benzene rings is 2. The van der Waals surface area contributed by atoms with Crippen molar-refractivity contribution in [1.29, 1.82) is 0 Å². The molecular weight excluding hydrogens is 434 g/mol. The number of hydrogen-bond donors (Lipinski definition) is 1. The minimum atomic E-state index is -3.40. The second kappa shape index (κ2) is 9.92. The number of amides is 1. The molecule has 8 heteroatoms. The lowest BCUT2D eigenvalue weighted by Crippen LogP contribution is -2.33. The van der Waals surface area contributed by atoms with Crippen molar-refractivity contribution in [2.45, 2.75) is 32.7 Å². The molecule has 2 aromatic carbocycles. The van der Waals surface area contributed by atoms with E-state index >= 15 is 0 Å². The SMILES string of the molecule is CCCS(=O)(=O)Nc1ccc(N(C)C)c(CN(CC2CC2)C(=O)c2ccccc2Cl)c1. The van der Waals surface area contributed by atoms with Crippen molar-refractivity contribution in [3.05, 3.63) is 58.6 Å². The second-order valence-corrected chi connectivity index (χ2v) is 10.5. The molecule has 0 unspecified atom stereocenters. The standard InChI is InChI=1S/C23H30ClN3O3S/c1-4-13-31(29,30)25-19-11-12-22(26(2)3)18(14-19)16-27(15-17-9-10-17)23(28)20-7-5-6-8-21(20)24/h5-8,11-12,14,17,25H,4,9-10,13,15-16H2,1-3H3. The fraction of sp³-hybridized carbons (Fsp3) is 0.435. The zero-order chi connectivity index (χ0) is 22.6. The minimum absolute atomic E-state index is 0.0660. The van der Waals surface area contributed by atoms with Crippen LogP contribution in [0.1, 0.15) is 42.1 Å². The van der Waals surface area contributed by atoms with Gasteiger partial charge in [0.25, 0.3) is 5.91 Å². The Balaban J connectivity index is 1.92. The summed E-state index contributed by atoms with van der Waals surface area (Å²) in [5.41, 5.74) is 2.80. The summed E-state index contributed by atoms with van der Waals surface area (Å²) in [4.78, 5) is 17.1. The average Bonchev–Trinajstić information content (AvgIpc) is 3.51. The summed E-state index contributed by atoms with van der Waals surface area (Å²) < 4.78 is 27.1. The molecule has 3 rings (SSSR count). The quantitative estimate of drug-likeness (QED) is 0.558. The van der Waals surface area contributed by atoms with E-state index in [9.17, 15) is 13.2 Å². The lowest BCUT2D eigenvalue weighted by atomic mass is 10.1. The van der Waals surface area contributed by atoms with Crippen LogP contribution in [-0.4, -0.2) is 45.6 Å². The Hall–Kier alpha value is -2.25.